The van der Waals surface area contributed by atoms with Crippen molar-refractivity contribution in [2.24, 2.45) is 5.92 Å². The molecule has 1 fully saturated rings. The van der Waals surface area contributed by atoms with Gasteiger partial charge >= 0.3 is 12.2 Å². The Bertz CT molecular complexity index is 1280. The summed E-state index contributed by atoms with van der Waals surface area (Å²) in [6, 6.07) is 12.3. The van der Waals surface area contributed by atoms with Crippen LogP contribution in [-0.4, -0.2) is 75.6 Å². The number of alkyl carbamates (subject to hydrolysis) is 1. The van der Waals surface area contributed by atoms with E-state index >= 15 is 0 Å². The lowest BCUT2D eigenvalue weighted by atomic mass is 9.84. The van der Waals surface area contributed by atoms with Crippen LogP contribution >= 0.6 is 11.6 Å². The van der Waals surface area contributed by atoms with E-state index in [1.165, 1.54) is 38.4 Å². The van der Waals surface area contributed by atoms with E-state index in [2.05, 4.69) is 15.4 Å². The number of carbonyl (C=O) groups excluding carboxylic acids is 3. The van der Waals surface area contributed by atoms with E-state index in [-0.39, 0.29) is 25.1 Å². The Balaban J connectivity index is 1.87. The molecule has 0 bridgehead atoms. The Kier molecular flexibility index (Phi) is 13.8. The molecule has 1 saturated carbocycles. The minimum absolute atomic E-state index is 0.172. The number of nitrogens with zero attached hydrogens (tertiary/aromatic N) is 1. The molecule has 2 aromatic rings. The largest absolute Gasteiger partial charge is 0.497 e. The van der Waals surface area contributed by atoms with E-state index in [0.717, 1.165) is 24.8 Å². The normalized spacial score (nSPS) is 15.0. The summed E-state index contributed by atoms with van der Waals surface area (Å²) in [7, 11) is 4.53. The number of methoxy groups -OCH3 is 2. The second-order valence-corrected chi connectivity index (χ2v) is 12.9. The third-order valence-corrected chi connectivity index (χ3v) is 7.83. The third kappa shape index (κ3) is 12.1. The van der Waals surface area contributed by atoms with Crippen LogP contribution in [0, 0.1) is 5.92 Å². The molecule has 0 radical (unpaired) electrons. The third-order valence-electron chi connectivity index (χ3n) is 7.60. The van der Waals surface area contributed by atoms with Crippen molar-refractivity contribution < 1.29 is 33.3 Å². The fourth-order valence-electron chi connectivity index (χ4n) is 5.50. The highest BCUT2D eigenvalue weighted by Gasteiger charge is 2.27. The molecule has 0 heterocycles. The molecule has 11 heteroatoms. The number of amides is 3. The monoisotopic (exact) mass is 645 g/mol. The topological polar surface area (TPSA) is 115 Å². The second kappa shape index (κ2) is 17.3. The maximum Gasteiger partial charge on any atom is 0.410 e. The molecule has 0 spiro atoms. The first-order chi connectivity index (χ1) is 21.4. The van der Waals surface area contributed by atoms with Gasteiger partial charge < -0.3 is 34.5 Å². The quantitative estimate of drug-likeness (QED) is 0.232. The molecule has 45 heavy (non-hydrogen) atoms. The summed E-state index contributed by atoms with van der Waals surface area (Å²) in [6.07, 6.45) is 4.95. The molecule has 1 aliphatic rings. The van der Waals surface area contributed by atoms with Gasteiger partial charge in [0.1, 0.15) is 17.5 Å². The molecule has 2 N–H and O–H groups in total. The standard InChI is InChI=1S/C34H48ClN3O7/c1-34(2,3)45-33(41)38(4)22-28(17-23-11-8-7-9-12-23)37-31(39)26-18-25(20-29(21-26)42-5)30(24-13-10-14-27(35)19-24)44-16-15-36-32(40)43-6/h10,13-14,18-21,23,28,30H,7-9,11-12,15-17,22H2,1-6H3,(H,36,40)(H,37,39). The molecular weight excluding hydrogens is 598 g/mol. The number of hydrogen-bond acceptors (Lipinski definition) is 7. The summed E-state index contributed by atoms with van der Waals surface area (Å²) < 4.78 is 22.0. The van der Waals surface area contributed by atoms with Crippen molar-refractivity contribution in [1.29, 1.82) is 0 Å². The van der Waals surface area contributed by atoms with E-state index in [4.69, 9.17) is 25.8 Å². The van der Waals surface area contributed by atoms with Gasteiger partial charge in [0, 0.05) is 36.8 Å². The average Bonchev–Trinajstić information content (AvgIpc) is 3.00. The lowest BCUT2D eigenvalue weighted by Crippen LogP contribution is -2.46. The Morgan fingerprint density at radius 2 is 1.76 bits per heavy atom. The Labute approximate surface area is 272 Å². The summed E-state index contributed by atoms with van der Waals surface area (Å²) in [6.45, 7) is 6.19. The molecular formula is C34H48ClN3O7. The zero-order valence-electron chi connectivity index (χ0n) is 27.3. The van der Waals surface area contributed by atoms with Gasteiger partial charge in [-0.3, -0.25) is 4.79 Å². The summed E-state index contributed by atoms with van der Waals surface area (Å²) in [5.41, 5.74) is 1.21. The fraction of sp³-hybridized carbons (Fsp3) is 0.559. The van der Waals surface area contributed by atoms with E-state index in [9.17, 15) is 14.4 Å². The smallest absolute Gasteiger partial charge is 0.410 e. The Hall–Kier alpha value is -3.50. The van der Waals surface area contributed by atoms with Crippen LogP contribution in [-0.2, 0) is 14.2 Å². The van der Waals surface area contributed by atoms with Gasteiger partial charge in [0.05, 0.1) is 20.8 Å². The van der Waals surface area contributed by atoms with Crippen LogP contribution in [0.15, 0.2) is 42.5 Å². The number of hydrogen-bond donors (Lipinski definition) is 2. The molecule has 3 rings (SSSR count). The van der Waals surface area contributed by atoms with Crippen LogP contribution in [0.2, 0.25) is 5.02 Å². The summed E-state index contributed by atoms with van der Waals surface area (Å²) >= 11 is 6.32. The first-order valence-electron chi connectivity index (χ1n) is 15.5. The minimum atomic E-state index is -0.624. The van der Waals surface area contributed by atoms with Crippen molar-refractivity contribution in [2.75, 3.05) is 41.0 Å². The number of ether oxygens (including phenoxy) is 4. The predicted octanol–water partition coefficient (Wildman–Crippen LogP) is 6.75. The van der Waals surface area contributed by atoms with Gasteiger partial charge in [-0.05, 0) is 74.6 Å². The summed E-state index contributed by atoms with van der Waals surface area (Å²) in [5, 5.41) is 6.34. The lowest BCUT2D eigenvalue weighted by Gasteiger charge is -2.31. The summed E-state index contributed by atoms with van der Waals surface area (Å²) in [4.78, 5) is 39.7. The molecule has 2 unspecified atom stereocenters. The lowest BCUT2D eigenvalue weighted by molar-refractivity contribution is 0.0274. The van der Waals surface area contributed by atoms with Crippen molar-refractivity contribution in [1.82, 2.24) is 15.5 Å². The Morgan fingerprint density at radius 1 is 1.02 bits per heavy atom. The highest BCUT2D eigenvalue weighted by molar-refractivity contribution is 6.30. The van der Waals surface area contributed by atoms with Crippen LogP contribution in [0.1, 0.15) is 86.9 Å². The highest BCUT2D eigenvalue weighted by atomic mass is 35.5. The number of benzene rings is 2. The first kappa shape index (κ1) is 36.0. The SMILES string of the molecule is COC(=O)NCCOC(c1cccc(Cl)c1)c1cc(OC)cc(C(=O)NC(CC2CCCCC2)CN(C)C(=O)OC(C)(C)C)c1. The van der Waals surface area contributed by atoms with Gasteiger partial charge in [-0.15, -0.1) is 0 Å². The van der Waals surface area contributed by atoms with E-state index in [1.54, 1.807) is 31.3 Å². The molecule has 1 aliphatic carbocycles. The fourth-order valence-corrected chi connectivity index (χ4v) is 5.70. The van der Waals surface area contributed by atoms with Crippen LogP contribution in [0.3, 0.4) is 0 Å². The maximum absolute atomic E-state index is 13.9. The molecule has 2 atom stereocenters. The molecule has 2 aromatic carbocycles. The number of rotatable bonds is 13. The van der Waals surface area contributed by atoms with Crippen molar-refractivity contribution in [3.8, 4) is 5.75 Å². The van der Waals surface area contributed by atoms with Crippen molar-refractivity contribution in [3.05, 3.63) is 64.2 Å². The van der Waals surface area contributed by atoms with Crippen LogP contribution in [0.4, 0.5) is 9.59 Å². The maximum atomic E-state index is 13.9. The van der Waals surface area contributed by atoms with Crippen LogP contribution in [0.25, 0.3) is 0 Å². The van der Waals surface area contributed by atoms with E-state index in [1.807, 2.05) is 39.0 Å². The van der Waals surface area contributed by atoms with Crippen LogP contribution < -0.4 is 15.4 Å². The number of likely N-dealkylation sites (N-methyl/N-ethyl adjacent to an activating group) is 1. The zero-order chi connectivity index (χ0) is 33.0. The van der Waals surface area contributed by atoms with Gasteiger partial charge in [-0.25, -0.2) is 9.59 Å². The Morgan fingerprint density at radius 3 is 2.40 bits per heavy atom. The zero-order valence-corrected chi connectivity index (χ0v) is 28.1. The molecule has 0 saturated heterocycles. The van der Waals surface area contributed by atoms with E-state index in [0.29, 0.717) is 34.4 Å². The average molecular weight is 646 g/mol. The second-order valence-electron chi connectivity index (χ2n) is 12.5. The van der Waals surface area contributed by atoms with Gasteiger partial charge in [-0.1, -0.05) is 55.8 Å². The number of nitrogens with one attached hydrogen (secondary N) is 2. The first-order valence-corrected chi connectivity index (χ1v) is 15.9. The van der Waals surface area contributed by atoms with E-state index < -0.39 is 23.9 Å². The molecule has 10 nitrogen and oxygen atoms in total. The van der Waals surface area contributed by atoms with Crippen molar-refractivity contribution >= 4 is 29.7 Å². The number of carbonyl (C=O) groups is 3. The molecule has 3 amide bonds. The van der Waals surface area contributed by atoms with Gasteiger partial charge in [0.25, 0.3) is 5.91 Å². The van der Waals surface area contributed by atoms with Crippen molar-refractivity contribution in [2.45, 2.75) is 77.0 Å². The summed E-state index contributed by atoms with van der Waals surface area (Å²) in [5.74, 6) is 0.664. The molecule has 0 aliphatic heterocycles. The predicted molar refractivity (Wildman–Crippen MR) is 174 cm³/mol. The molecule has 0 aromatic heterocycles. The van der Waals surface area contributed by atoms with Gasteiger partial charge in [0.15, 0.2) is 0 Å². The number of halogens is 1. The molecule has 248 valence electrons. The van der Waals surface area contributed by atoms with Crippen molar-refractivity contribution in [3.63, 3.8) is 0 Å². The highest BCUT2D eigenvalue weighted by Crippen LogP contribution is 2.32. The van der Waals surface area contributed by atoms with Gasteiger partial charge in [0.2, 0.25) is 0 Å². The minimum Gasteiger partial charge on any atom is -0.497 e. The van der Waals surface area contributed by atoms with Crippen LogP contribution in [0.5, 0.6) is 5.75 Å². The van der Waals surface area contributed by atoms with Gasteiger partial charge in [-0.2, -0.15) is 0 Å².